The maximum absolute atomic E-state index is 14.0. The standard InChI is InChI=1S/C27H28N4O4S2/c1-19-8-13-24-25(16-19)36-27(29-24)31(18-21-7-3-4-14-28-21)26(32)20-6-5-15-30(17-20)37(33,34)23-11-9-22(35-2)10-12-23/h3-4,7-14,16,20H,5-6,15,17-18H2,1-2H3. The Hall–Kier alpha value is -3.34. The third kappa shape index (κ3) is 5.36. The van der Waals surface area contributed by atoms with Gasteiger partial charge in [-0.25, -0.2) is 13.4 Å². The van der Waals surface area contributed by atoms with E-state index in [1.807, 2.05) is 37.3 Å². The second kappa shape index (κ2) is 10.6. The third-order valence-corrected chi connectivity index (χ3v) is 9.43. The highest BCUT2D eigenvalue weighted by Crippen LogP contribution is 2.33. The lowest BCUT2D eigenvalue weighted by molar-refractivity contribution is -0.123. The number of methoxy groups -OCH3 is 1. The molecule has 10 heteroatoms. The van der Waals surface area contributed by atoms with Gasteiger partial charge in [0.1, 0.15) is 5.75 Å². The summed E-state index contributed by atoms with van der Waals surface area (Å²) in [6.07, 6.45) is 2.90. The molecule has 0 saturated carbocycles. The fraction of sp³-hybridized carbons (Fsp3) is 0.296. The highest BCUT2D eigenvalue weighted by Gasteiger charge is 2.36. The van der Waals surface area contributed by atoms with E-state index >= 15 is 0 Å². The lowest BCUT2D eigenvalue weighted by atomic mass is 9.98. The van der Waals surface area contributed by atoms with Gasteiger partial charge in [0.2, 0.25) is 15.9 Å². The summed E-state index contributed by atoms with van der Waals surface area (Å²) in [7, 11) is -2.21. The number of carbonyl (C=O) groups excluding carboxylic acids is 1. The third-order valence-electron chi connectivity index (χ3n) is 6.51. The molecule has 2 aromatic carbocycles. The predicted octanol–water partition coefficient (Wildman–Crippen LogP) is 4.64. The van der Waals surface area contributed by atoms with Crippen molar-refractivity contribution in [2.24, 2.45) is 5.92 Å². The van der Waals surface area contributed by atoms with E-state index in [2.05, 4.69) is 11.1 Å². The number of hydrogen-bond donors (Lipinski definition) is 0. The molecular formula is C27H28N4O4S2. The largest absolute Gasteiger partial charge is 0.497 e. The summed E-state index contributed by atoms with van der Waals surface area (Å²) in [5.41, 5.74) is 2.69. The molecule has 192 valence electrons. The summed E-state index contributed by atoms with van der Waals surface area (Å²) >= 11 is 1.46. The summed E-state index contributed by atoms with van der Waals surface area (Å²) in [5.74, 6) is -0.0443. The van der Waals surface area contributed by atoms with E-state index in [0.717, 1.165) is 21.5 Å². The molecule has 0 spiro atoms. The van der Waals surface area contributed by atoms with E-state index in [0.29, 0.717) is 30.3 Å². The first kappa shape index (κ1) is 25.3. The van der Waals surface area contributed by atoms with Gasteiger partial charge in [-0.05, 0) is 73.9 Å². The van der Waals surface area contributed by atoms with Crippen LogP contribution in [0.25, 0.3) is 10.2 Å². The number of aryl methyl sites for hydroxylation is 1. The fourth-order valence-electron chi connectivity index (χ4n) is 4.51. The number of rotatable bonds is 7. The smallest absolute Gasteiger partial charge is 0.243 e. The highest BCUT2D eigenvalue weighted by atomic mass is 32.2. The summed E-state index contributed by atoms with van der Waals surface area (Å²) in [6, 6.07) is 17.9. The lowest BCUT2D eigenvalue weighted by Gasteiger charge is -2.33. The number of piperidine rings is 1. The minimum absolute atomic E-state index is 0.121. The SMILES string of the molecule is COc1ccc(S(=O)(=O)N2CCCC(C(=O)N(Cc3ccccn3)c3nc4ccc(C)cc4s3)C2)cc1. The summed E-state index contributed by atoms with van der Waals surface area (Å²) in [5, 5.41) is 0.589. The summed E-state index contributed by atoms with van der Waals surface area (Å²) in [4.78, 5) is 25.0. The molecular weight excluding hydrogens is 508 g/mol. The number of nitrogens with zero attached hydrogens (tertiary/aromatic N) is 4. The molecule has 3 heterocycles. The Kier molecular flexibility index (Phi) is 7.23. The van der Waals surface area contributed by atoms with Gasteiger partial charge in [-0.15, -0.1) is 0 Å². The fourth-order valence-corrected chi connectivity index (χ4v) is 7.10. The Morgan fingerprint density at radius 3 is 2.70 bits per heavy atom. The molecule has 5 rings (SSSR count). The van der Waals surface area contributed by atoms with Gasteiger partial charge in [-0.3, -0.25) is 14.7 Å². The van der Waals surface area contributed by atoms with Crippen LogP contribution >= 0.6 is 11.3 Å². The molecule has 1 aliphatic heterocycles. The van der Waals surface area contributed by atoms with Gasteiger partial charge in [0.05, 0.1) is 40.4 Å². The maximum atomic E-state index is 14.0. The molecule has 0 N–H and O–H groups in total. The van der Waals surface area contributed by atoms with Crippen LogP contribution in [0.1, 0.15) is 24.1 Å². The van der Waals surface area contributed by atoms with Crippen molar-refractivity contribution in [3.63, 3.8) is 0 Å². The summed E-state index contributed by atoms with van der Waals surface area (Å²) in [6.45, 7) is 2.78. The van der Waals surface area contributed by atoms with Gasteiger partial charge < -0.3 is 4.74 Å². The van der Waals surface area contributed by atoms with Crippen molar-refractivity contribution in [1.29, 1.82) is 0 Å². The van der Waals surface area contributed by atoms with Crippen molar-refractivity contribution in [3.8, 4) is 5.75 Å². The van der Waals surface area contributed by atoms with Gasteiger partial charge in [-0.2, -0.15) is 4.31 Å². The van der Waals surface area contributed by atoms with Crippen molar-refractivity contribution >= 4 is 42.6 Å². The topological polar surface area (TPSA) is 92.7 Å². The van der Waals surface area contributed by atoms with Crippen LogP contribution in [-0.4, -0.2) is 48.8 Å². The van der Waals surface area contributed by atoms with Crippen LogP contribution in [0.3, 0.4) is 0 Å². The first-order valence-corrected chi connectivity index (χ1v) is 14.3. The zero-order valence-corrected chi connectivity index (χ0v) is 22.3. The number of aromatic nitrogens is 2. The van der Waals surface area contributed by atoms with E-state index in [-0.39, 0.29) is 23.9 Å². The molecule has 0 bridgehead atoms. The van der Waals surface area contributed by atoms with Crippen molar-refractivity contribution in [3.05, 3.63) is 78.1 Å². The van der Waals surface area contributed by atoms with Crippen molar-refractivity contribution in [2.45, 2.75) is 31.2 Å². The number of sulfonamides is 1. The average molecular weight is 537 g/mol. The second-order valence-corrected chi connectivity index (χ2v) is 12.0. The number of anilines is 1. The molecule has 1 amide bonds. The Balaban J connectivity index is 1.43. The van der Waals surface area contributed by atoms with Crippen LogP contribution in [0.15, 0.2) is 71.8 Å². The average Bonchev–Trinajstić information content (AvgIpc) is 3.35. The number of carbonyl (C=O) groups is 1. The molecule has 2 aromatic heterocycles. The second-order valence-electron chi connectivity index (χ2n) is 9.09. The van der Waals surface area contributed by atoms with Crippen LogP contribution in [-0.2, 0) is 21.4 Å². The number of pyridine rings is 1. The minimum atomic E-state index is -3.75. The zero-order chi connectivity index (χ0) is 26.0. The van der Waals surface area contributed by atoms with Crippen LogP contribution in [0, 0.1) is 12.8 Å². The number of fused-ring (bicyclic) bond motifs is 1. The Bertz CT molecular complexity index is 1500. The monoisotopic (exact) mass is 536 g/mol. The molecule has 1 aliphatic rings. The summed E-state index contributed by atoms with van der Waals surface area (Å²) < 4.78 is 34.3. The molecule has 4 aromatic rings. The number of amides is 1. The van der Waals surface area contributed by atoms with E-state index < -0.39 is 15.9 Å². The maximum Gasteiger partial charge on any atom is 0.243 e. The van der Waals surface area contributed by atoms with E-state index in [1.54, 1.807) is 23.2 Å². The lowest BCUT2D eigenvalue weighted by Crippen LogP contribution is -2.46. The molecule has 1 fully saturated rings. The Labute approximate surface area is 220 Å². The van der Waals surface area contributed by atoms with Crippen LogP contribution in [0.2, 0.25) is 0 Å². The zero-order valence-electron chi connectivity index (χ0n) is 20.7. The van der Waals surface area contributed by atoms with Crippen LogP contribution in [0.4, 0.5) is 5.13 Å². The molecule has 0 aliphatic carbocycles. The van der Waals surface area contributed by atoms with E-state index in [9.17, 15) is 13.2 Å². The molecule has 8 nitrogen and oxygen atoms in total. The van der Waals surface area contributed by atoms with Gasteiger partial charge in [0.15, 0.2) is 5.13 Å². The first-order valence-electron chi connectivity index (χ1n) is 12.1. The van der Waals surface area contributed by atoms with Crippen molar-refractivity contribution in [1.82, 2.24) is 14.3 Å². The molecule has 1 saturated heterocycles. The van der Waals surface area contributed by atoms with Gasteiger partial charge in [0, 0.05) is 19.3 Å². The normalized spacial score (nSPS) is 16.5. The highest BCUT2D eigenvalue weighted by molar-refractivity contribution is 7.89. The quantitative estimate of drug-likeness (QED) is 0.342. The van der Waals surface area contributed by atoms with Gasteiger partial charge in [0.25, 0.3) is 0 Å². The number of hydrogen-bond acceptors (Lipinski definition) is 7. The molecule has 1 atom stereocenters. The Morgan fingerprint density at radius 1 is 1.16 bits per heavy atom. The van der Waals surface area contributed by atoms with Gasteiger partial charge >= 0.3 is 0 Å². The van der Waals surface area contributed by atoms with E-state index in [1.165, 1.54) is 34.9 Å². The van der Waals surface area contributed by atoms with Crippen molar-refractivity contribution < 1.29 is 17.9 Å². The Morgan fingerprint density at radius 2 is 1.97 bits per heavy atom. The number of benzene rings is 2. The minimum Gasteiger partial charge on any atom is -0.497 e. The molecule has 37 heavy (non-hydrogen) atoms. The van der Waals surface area contributed by atoms with Crippen LogP contribution in [0.5, 0.6) is 5.75 Å². The van der Waals surface area contributed by atoms with Crippen LogP contribution < -0.4 is 9.64 Å². The van der Waals surface area contributed by atoms with E-state index in [4.69, 9.17) is 9.72 Å². The number of ether oxygens (including phenoxy) is 1. The predicted molar refractivity (Wildman–Crippen MR) is 144 cm³/mol. The van der Waals surface area contributed by atoms with Crippen molar-refractivity contribution in [2.75, 3.05) is 25.1 Å². The molecule has 1 unspecified atom stereocenters. The van der Waals surface area contributed by atoms with Gasteiger partial charge in [-0.1, -0.05) is 23.5 Å². The number of thiazole rings is 1. The first-order chi connectivity index (χ1) is 17.8. The molecule has 0 radical (unpaired) electrons.